The first-order valence-electron chi connectivity index (χ1n) is 7.14. The van der Waals surface area contributed by atoms with Gasteiger partial charge in [0.1, 0.15) is 5.75 Å². The molecule has 3 aromatic rings. The average Bonchev–Trinajstić information content (AvgIpc) is 2.53. The summed E-state index contributed by atoms with van der Waals surface area (Å²) in [5.41, 5.74) is 1.96. The number of phenolic OH excluding ortho intramolecular Hbond substituents is 1. The minimum atomic E-state index is -0.243. The number of aromatic amines is 1. The zero-order valence-electron chi connectivity index (χ0n) is 12.3. The second-order valence-corrected chi connectivity index (χ2v) is 4.98. The van der Waals surface area contributed by atoms with E-state index in [1.54, 1.807) is 24.3 Å². The van der Waals surface area contributed by atoms with Crippen molar-refractivity contribution in [2.75, 3.05) is 10.6 Å². The largest absolute Gasteiger partial charge is 0.508 e. The molecular formula is C17H16N4O2. The van der Waals surface area contributed by atoms with Gasteiger partial charge in [0.25, 0.3) is 5.56 Å². The highest BCUT2D eigenvalue weighted by molar-refractivity contribution is 5.55. The first-order valence-corrected chi connectivity index (χ1v) is 7.14. The lowest BCUT2D eigenvalue weighted by Gasteiger charge is -2.09. The normalized spacial score (nSPS) is 10.3. The van der Waals surface area contributed by atoms with Crippen LogP contribution in [0.5, 0.6) is 5.75 Å². The smallest absolute Gasteiger partial charge is 0.252 e. The fourth-order valence-electron chi connectivity index (χ4n) is 2.13. The summed E-state index contributed by atoms with van der Waals surface area (Å²) in [5, 5.41) is 15.6. The second kappa shape index (κ2) is 6.65. The van der Waals surface area contributed by atoms with E-state index >= 15 is 0 Å². The zero-order chi connectivity index (χ0) is 16.1. The lowest BCUT2D eigenvalue weighted by atomic mass is 10.3. The zero-order valence-corrected chi connectivity index (χ0v) is 12.3. The number of hydrogen-bond donors (Lipinski definition) is 4. The van der Waals surface area contributed by atoms with Gasteiger partial charge >= 0.3 is 0 Å². The van der Waals surface area contributed by atoms with Gasteiger partial charge in [-0.15, -0.1) is 0 Å². The Balaban J connectivity index is 1.75. The molecule has 6 heteroatoms. The highest BCUT2D eigenvalue weighted by Gasteiger charge is 2.03. The number of nitrogens with zero attached hydrogens (tertiary/aromatic N) is 1. The van der Waals surface area contributed by atoms with E-state index in [1.807, 2.05) is 30.3 Å². The van der Waals surface area contributed by atoms with Crippen LogP contribution in [0.3, 0.4) is 0 Å². The number of hydrogen-bond acceptors (Lipinski definition) is 5. The van der Waals surface area contributed by atoms with E-state index in [0.29, 0.717) is 23.9 Å². The Bertz CT molecular complexity index is 846. The summed E-state index contributed by atoms with van der Waals surface area (Å²) in [7, 11) is 0. The number of phenols is 1. The second-order valence-electron chi connectivity index (χ2n) is 4.98. The number of rotatable bonds is 5. The highest BCUT2D eigenvalue weighted by Crippen LogP contribution is 2.18. The molecule has 1 aromatic heterocycles. The summed E-state index contributed by atoms with van der Waals surface area (Å²) < 4.78 is 0. The molecule has 0 unspecified atom stereocenters. The van der Waals surface area contributed by atoms with Crippen molar-refractivity contribution >= 4 is 17.3 Å². The number of para-hydroxylation sites is 1. The van der Waals surface area contributed by atoms with Gasteiger partial charge in [-0.3, -0.25) is 9.78 Å². The molecule has 0 atom stereocenters. The molecule has 0 radical (unpaired) electrons. The van der Waals surface area contributed by atoms with Gasteiger partial charge in [-0.05, 0) is 24.3 Å². The first-order chi connectivity index (χ1) is 11.2. The predicted octanol–water partition coefficient (Wildman–Crippen LogP) is 2.83. The molecule has 4 N–H and O–H groups in total. The van der Waals surface area contributed by atoms with Gasteiger partial charge in [0.2, 0.25) is 5.95 Å². The van der Waals surface area contributed by atoms with Crippen LogP contribution in [0, 0.1) is 0 Å². The van der Waals surface area contributed by atoms with Crippen molar-refractivity contribution in [2.45, 2.75) is 6.54 Å². The van der Waals surface area contributed by atoms with E-state index < -0.39 is 0 Å². The lowest BCUT2D eigenvalue weighted by Crippen LogP contribution is -2.14. The Labute approximate surface area is 132 Å². The summed E-state index contributed by atoms with van der Waals surface area (Å²) in [5.74, 6) is 0.465. The molecule has 0 saturated heterocycles. The van der Waals surface area contributed by atoms with Crippen molar-refractivity contribution in [2.24, 2.45) is 0 Å². The molecule has 0 aliphatic carbocycles. The number of aromatic nitrogens is 2. The molecule has 3 rings (SSSR count). The molecule has 23 heavy (non-hydrogen) atoms. The number of H-pyrrole nitrogens is 1. The molecule has 0 spiro atoms. The maximum atomic E-state index is 11.8. The van der Waals surface area contributed by atoms with Gasteiger partial charge in [-0.1, -0.05) is 24.3 Å². The first kappa shape index (κ1) is 14.6. The fourth-order valence-corrected chi connectivity index (χ4v) is 2.13. The molecule has 0 amide bonds. The molecule has 0 fully saturated rings. The van der Waals surface area contributed by atoms with E-state index in [0.717, 1.165) is 5.69 Å². The van der Waals surface area contributed by atoms with Crippen molar-refractivity contribution in [1.29, 1.82) is 0 Å². The third-order valence-electron chi connectivity index (χ3n) is 3.15. The number of anilines is 3. The Morgan fingerprint density at radius 3 is 2.57 bits per heavy atom. The topological polar surface area (TPSA) is 90.0 Å². The van der Waals surface area contributed by atoms with Crippen LogP contribution >= 0.6 is 0 Å². The van der Waals surface area contributed by atoms with Crippen molar-refractivity contribution in [1.82, 2.24) is 9.97 Å². The van der Waals surface area contributed by atoms with Crippen LogP contribution in [0.1, 0.15) is 5.69 Å². The molecule has 0 aliphatic heterocycles. The lowest BCUT2D eigenvalue weighted by molar-refractivity contribution is 0.475. The van der Waals surface area contributed by atoms with Crippen molar-refractivity contribution in [3.05, 3.63) is 76.7 Å². The maximum Gasteiger partial charge on any atom is 0.252 e. The van der Waals surface area contributed by atoms with E-state index in [-0.39, 0.29) is 11.3 Å². The fraction of sp³-hybridized carbons (Fsp3) is 0.0588. The standard InChI is InChI=1S/C17H16N4O2/c22-15-8-4-7-13(9-15)19-17-20-14(10-16(23)21-17)11-18-12-5-2-1-3-6-12/h1-10,18,22H,11H2,(H2,19,20,21,23). The van der Waals surface area contributed by atoms with Gasteiger partial charge in [0.15, 0.2) is 0 Å². The number of nitrogens with one attached hydrogen (secondary N) is 3. The molecule has 0 bridgehead atoms. The van der Waals surface area contributed by atoms with Gasteiger partial charge in [-0.2, -0.15) is 0 Å². The Morgan fingerprint density at radius 2 is 1.78 bits per heavy atom. The van der Waals surface area contributed by atoms with Crippen LogP contribution in [0.2, 0.25) is 0 Å². The Hall–Kier alpha value is -3.28. The van der Waals surface area contributed by atoms with Crippen LogP contribution in [0.25, 0.3) is 0 Å². The molecule has 6 nitrogen and oxygen atoms in total. The van der Waals surface area contributed by atoms with Crippen LogP contribution < -0.4 is 16.2 Å². The molecule has 116 valence electrons. The van der Waals surface area contributed by atoms with Gasteiger partial charge in [-0.25, -0.2) is 4.98 Å². The quantitative estimate of drug-likeness (QED) is 0.582. The van der Waals surface area contributed by atoms with Crippen molar-refractivity contribution in [3.63, 3.8) is 0 Å². The summed E-state index contributed by atoms with van der Waals surface area (Å²) in [4.78, 5) is 18.8. The van der Waals surface area contributed by atoms with Gasteiger partial charge in [0, 0.05) is 23.5 Å². The van der Waals surface area contributed by atoms with E-state index in [9.17, 15) is 9.90 Å². The van der Waals surface area contributed by atoms with E-state index in [2.05, 4.69) is 20.6 Å². The summed E-state index contributed by atoms with van der Waals surface area (Å²) in [6.07, 6.45) is 0. The van der Waals surface area contributed by atoms with Crippen LogP contribution in [-0.4, -0.2) is 15.1 Å². The van der Waals surface area contributed by atoms with Crippen LogP contribution in [-0.2, 0) is 6.54 Å². The summed E-state index contributed by atoms with van der Waals surface area (Å²) in [6, 6.07) is 17.7. The van der Waals surface area contributed by atoms with E-state index in [4.69, 9.17) is 0 Å². The highest BCUT2D eigenvalue weighted by atomic mass is 16.3. The van der Waals surface area contributed by atoms with Crippen LogP contribution in [0.15, 0.2) is 65.5 Å². The molecular weight excluding hydrogens is 292 g/mol. The molecule has 0 aliphatic rings. The number of benzene rings is 2. The molecule has 1 heterocycles. The molecule has 2 aromatic carbocycles. The Morgan fingerprint density at radius 1 is 1.00 bits per heavy atom. The maximum absolute atomic E-state index is 11.8. The third kappa shape index (κ3) is 4.10. The van der Waals surface area contributed by atoms with Crippen molar-refractivity contribution in [3.8, 4) is 5.75 Å². The summed E-state index contributed by atoms with van der Waals surface area (Å²) >= 11 is 0. The van der Waals surface area contributed by atoms with Crippen molar-refractivity contribution < 1.29 is 5.11 Å². The minimum Gasteiger partial charge on any atom is -0.508 e. The minimum absolute atomic E-state index is 0.138. The Kier molecular flexibility index (Phi) is 4.24. The molecule has 0 saturated carbocycles. The van der Waals surface area contributed by atoms with Crippen LogP contribution in [0.4, 0.5) is 17.3 Å². The third-order valence-corrected chi connectivity index (χ3v) is 3.15. The number of aromatic hydroxyl groups is 1. The summed E-state index contributed by atoms with van der Waals surface area (Å²) in [6.45, 7) is 0.433. The monoisotopic (exact) mass is 308 g/mol. The van der Waals surface area contributed by atoms with Gasteiger partial charge < -0.3 is 15.7 Å². The SMILES string of the molecule is O=c1cc(CNc2ccccc2)nc(Nc2cccc(O)c2)[nH]1. The predicted molar refractivity (Wildman–Crippen MR) is 90.0 cm³/mol. The van der Waals surface area contributed by atoms with E-state index in [1.165, 1.54) is 6.07 Å². The average molecular weight is 308 g/mol. The van der Waals surface area contributed by atoms with Gasteiger partial charge in [0.05, 0.1) is 12.2 Å².